The maximum Gasteiger partial charge on any atom is 0.421 e. The summed E-state index contributed by atoms with van der Waals surface area (Å²) in [5.74, 6) is -0.243. The van der Waals surface area contributed by atoms with Gasteiger partial charge >= 0.3 is 6.18 Å². The first kappa shape index (κ1) is 21.3. The molecule has 0 amide bonds. The van der Waals surface area contributed by atoms with Crippen LogP contribution in [0.1, 0.15) is 5.56 Å². The monoisotopic (exact) mass is 483 g/mol. The number of halogens is 4. The molecule has 3 aromatic rings. The van der Waals surface area contributed by atoms with Gasteiger partial charge in [0.05, 0.1) is 22.2 Å². The summed E-state index contributed by atoms with van der Waals surface area (Å²) in [5, 5.41) is 16.4. The molecule has 0 fully saturated rings. The Hall–Kier alpha value is -3.41. The van der Waals surface area contributed by atoms with Crippen LogP contribution in [0.25, 0.3) is 0 Å². The SMILES string of the molecule is COc1ccccc1Nc1ncc(C(F)(F)F)c(Nc2ccc(Br)c([N+](=O)[O-])c2)n1. The Kier molecular flexibility index (Phi) is 6.06. The topological polar surface area (TPSA) is 102 Å². The molecule has 0 saturated heterocycles. The standard InChI is InChI=1S/C18H13BrF3N5O3/c1-30-15-5-3-2-4-13(15)25-17-23-9-11(18(20,21)22)16(26-17)24-10-6-7-12(19)14(8-10)27(28)29/h2-9H,1H3,(H2,23,24,25,26). The van der Waals surface area contributed by atoms with Gasteiger partial charge in [-0.15, -0.1) is 0 Å². The summed E-state index contributed by atoms with van der Waals surface area (Å²) >= 11 is 3.03. The number of para-hydroxylation sites is 2. The van der Waals surface area contributed by atoms with Crippen LogP contribution in [0.2, 0.25) is 0 Å². The van der Waals surface area contributed by atoms with Gasteiger partial charge in [0.2, 0.25) is 5.95 Å². The van der Waals surface area contributed by atoms with Crippen LogP contribution >= 0.6 is 15.9 Å². The Labute approximate surface area is 176 Å². The number of nitrogens with one attached hydrogen (secondary N) is 2. The lowest BCUT2D eigenvalue weighted by atomic mass is 10.2. The lowest BCUT2D eigenvalue weighted by Gasteiger charge is -2.15. The molecule has 0 aliphatic heterocycles. The molecule has 0 radical (unpaired) electrons. The van der Waals surface area contributed by atoms with Crippen molar-refractivity contribution >= 4 is 44.8 Å². The predicted molar refractivity (Wildman–Crippen MR) is 107 cm³/mol. The van der Waals surface area contributed by atoms with Gasteiger partial charge < -0.3 is 15.4 Å². The molecule has 30 heavy (non-hydrogen) atoms. The molecular weight excluding hydrogens is 471 g/mol. The van der Waals surface area contributed by atoms with Gasteiger partial charge in [-0.05, 0) is 40.2 Å². The Bertz CT molecular complexity index is 1090. The van der Waals surface area contributed by atoms with Gasteiger partial charge in [0.15, 0.2) is 0 Å². The van der Waals surface area contributed by atoms with Crippen molar-refractivity contribution in [2.24, 2.45) is 0 Å². The Morgan fingerprint density at radius 1 is 1.17 bits per heavy atom. The Morgan fingerprint density at radius 2 is 1.90 bits per heavy atom. The first-order valence-electron chi connectivity index (χ1n) is 8.24. The lowest BCUT2D eigenvalue weighted by molar-refractivity contribution is -0.385. The molecule has 0 aliphatic rings. The fraction of sp³-hybridized carbons (Fsp3) is 0.111. The van der Waals surface area contributed by atoms with Crippen molar-refractivity contribution in [2.75, 3.05) is 17.7 Å². The molecule has 0 saturated carbocycles. The molecule has 8 nitrogen and oxygen atoms in total. The highest BCUT2D eigenvalue weighted by atomic mass is 79.9. The highest BCUT2D eigenvalue weighted by Crippen LogP contribution is 2.37. The van der Waals surface area contributed by atoms with E-state index in [1.54, 1.807) is 24.3 Å². The van der Waals surface area contributed by atoms with Crippen molar-refractivity contribution < 1.29 is 22.8 Å². The zero-order valence-electron chi connectivity index (χ0n) is 15.2. The van der Waals surface area contributed by atoms with Gasteiger partial charge in [-0.25, -0.2) is 4.98 Å². The molecule has 12 heteroatoms. The zero-order chi connectivity index (χ0) is 21.9. The van der Waals surface area contributed by atoms with Crippen molar-refractivity contribution in [3.63, 3.8) is 0 Å². The minimum atomic E-state index is -4.74. The number of methoxy groups -OCH3 is 1. The molecule has 0 aliphatic carbocycles. The van der Waals surface area contributed by atoms with E-state index in [9.17, 15) is 23.3 Å². The first-order valence-corrected chi connectivity index (χ1v) is 9.03. The number of hydrogen-bond donors (Lipinski definition) is 2. The second-order valence-corrected chi connectivity index (χ2v) is 6.68. The Morgan fingerprint density at radius 3 is 2.57 bits per heavy atom. The second-order valence-electron chi connectivity index (χ2n) is 5.83. The number of nitro benzene ring substituents is 1. The maximum atomic E-state index is 13.4. The number of ether oxygens (including phenoxy) is 1. The quantitative estimate of drug-likeness (QED) is 0.344. The summed E-state index contributed by atoms with van der Waals surface area (Å²) in [5.41, 5.74) is -0.934. The highest BCUT2D eigenvalue weighted by molar-refractivity contribution is 9.10. The molecule has 156 valence electrons. The van der Waals surface area contributed by atoms with E-state index in [1.165, 1.54) is 19.2 Å². The minimum absolute atomic E-state index is 0.0531. The average molecular weight is 484 g/mol. The fourth-order valence-electron chi connectivity index (χ4n) is 2.48. The largest absolute Gasteiger partial charge is 0.495 e. The number of alkyl halides is 3. The molecule has 1 heterocycles. The van der Waals surface area contributed by atoms with E-state index in [1.807, 2.05) is 0 Å². The number of nitro groups is 1. The summed E-state index contributed by atoms with van der Waals surface area (Å²) in [4.78, 5) is 18.1. The summed E-state index contributed by atoms with van der Waals surface area (Å²) in [6, 6.07) is 10.6. The van der Waals surface area contributed by atoms with E-state index in [-0.39, 0.29) is 21.8 Å². The van der Waals surface area contributed by atoms with Gasteiger partial charge in [-0.3, -0.25) is 10.1 Å². The predicted octanol–water partition coefficient (Wildman–Crippen LogP) is 5.66. The van der Waals surface area contributed by atoms with Crippen LogP contribution in [0, 0.1) is 10.1 Å². The summed E-state index contributed by atoms with van der Waals surface area (Å²) in [6.45, 7) is 0. The molecule has 0 unspecified atom stereocenters. The van der Waals surface area contributed by atoms with Gasteiger partial charge in [0.25, 0.3) is 5.69 Å². The van der Waals surface area contributed by atoms with E-state index in [0.29, 0.717) is 17.6 Å². The van der Waals surface area contributed by atoms with Crippen LogP contribution in [0.15, 0.2) is 53.1 Å². The number of aromatic nitrogens is 2. The molecule has 0 atom stereocenters. The summed E-state index contributed by atoms with van der Waals surface area (Å²) in [6.07, 6.45) is -4.12. The molecule has 2 aromatic carbocycles. The van der Waals surface area contributed by atoms with E-state index in [4.69, 9.17) is 4.74 Å². The van der Waals surface area contributed by atoms with Crippen molar-refractivity contribution in [3.8, 4) is 5.75 Å². The third-order valence-corrected chi connectivity index (χ3v) is 4.52. The van der Waals surface area contributed by atoms with E-state index >= 15 is 0 Å². The maximum absolute atomic E-state index is 13.4. The number of benzene rings is 2. The van der Waals surface area contributed by atoms with Crippen LogP contribution in [-0.2, 0) is 6.18 Å². The number of rotatable bonds is 6. The van der Waals surface area contributed by atoms with E-state index in [0.717, 1.165) is 6.07 Å². The van der Waals surface area contributed by atoms with Crippen LogP contribution in [0.4, 0.5) is 42.0 Å². The van der Waals surface area contributed by atoms with Crippen molar-refractivity contribution in [1.29, 1.82) is 0 Å². The number of hydrogen-bond acceptors (Lipinski definition) is 7. The van der Waals surface area contributed by atoms with Crippen molar-refractivity contribution in [3.05, 3.63) is 68.8 Å². The second kappa shape index (κ2) is 8.53. The van der Waals surface area contributed by atoms with Crippen LogP contribution < -0.4 is 15.4 Å². The zero-order valence-corrected chi connectivity index (χ0v) is 16.8. The smallest absolute Gasteiger partial charge is 0.421 e. The van der Waals surface area contributed by atoms with E-state index in [2.05, 4.69) is 36.5 Å². The average Bonchev–Trinajstić information content (AvgIpc) is 2.69. The van der Waals surface area contributed by atoms with Gasteiger partial charge in [0.1, 0.15) is 17.1 Å². The van der Waals surface area contributed by atoms with Gasteiger partial charge in [-0.2, -0.15) is 18.2 Å². The van der Waals surface area contributed by atoms with Crippen LogP contribution in [0.3, 0.4) is 0 Å². The van der Waals surface area contributed by atoms with E-state index < -0.39 is 22.5 Å². The molecule has 2 N–H and O–H groups in total. The number of anilines is 4. The molecule has 0 bridgehead atoms. The van der Waals surface area contributed by atoms with Gasteiger partial charge in [0, 0.05) is 18.0 Å². The molecule has 0 spiro atoms. The van der Waals surface area contributed by atoms with Crippen molar-refractivity contribution in [1.82, 2.24) is 9.97 Å². The normalized spacial score (nSPS) is 11.1. The minimum Gasteiger partial charge on any atom is -0.495 e. The van der Waals surface area contributed by atoms with Gasteiger partial charge in [-0.1, -0.05) is 12.1 Å². The van der Waals surface area contributed by atoms with Crippen LogP contribution in [-0.4, -0.2) is 22.0 Å². The molecule has 3 rings (SSSR count). The Balaban J connectivity index is 2.00. The van der Waals surface area contributed by atoms with Crippen molar-refractivity contribution in [2.45, 2.75) is 6.18 Å². The fourth-order valence-corrected chi connectivity index (χ4v) is 2.87. The third kappa shape index (κ3) is 4.76. The first-order chi connectivity index (χ1) is 14.2. The van der Waals surface area contributed by atoms with Crippen LogP contribution in [0.5, 0.6) is 5.75 Å². The highest BCUT2D eigenvalue weighted by Gasteiger charge is 2.35. The summed E-state index contributed by atoms with van der Waals surface area (Å²) < 4.78 is 45.6. The lowest BCUT2D eigenvalue weighted by Crippen LogP contribution is -2.12. The summed E-state index contributed by atoms with van der Waals surface area (Å²) in [7, 11) is 1.45. The molecular formula is C18H13BrF3N5O3. The third-order valence-electron chi connectivity index (χ3n) is 3.85. The number of nitrogens with zero attached hydrogens (tertiary/aromatic N) is 3. The molecule has 1 aromatic heterocycles.